The van der Waals surface area contributed by atoms with Crippen LogP contribution in [0.15, 0.2) is 130 Å². The molecule has 2 aliphatic rings. The van der Waals surface area contributed by atoms with Gasteiger partial charge in [-0.1, -0.05) is 137 Å². The third kappa shape index (κ3) is 9.47. The van der Waals surface area contributed by atoms with E-state index in [9.17, 15) is 4.79 Å². The number of alkyl halides is 1. The van der Waals surface area contributed by atoms with Crippen molar-refractivity contribution in [1.82, 2.24) is 29.2 Å². The minimum absolute atomic E-state index is 0.111. The third-order valence-corrected chi connectivity index (χ3v) is 8.60. The van der Waals surface area contributed by atoms with E-state index in [0.717, 1.165) is 16.7 Å². The van der Waals surface area contributed by atoms with Crippen LogP contribution in [0.3, 0.4) is 0 Å². The minimum Gasteiger partial charge on any atom is -0.381 e. The molecule has 266 valence electrons. The van der Waals surface area contributed by atoms with Gasteiger partial charge in [-0.3, -0.25) is 9.20 Å². The zero-order chi connectivity index (χ0) is 37.9. The number of carbonyl (C=O) groups excluding carboxylic acids is 1. The van der Waals surface area contributed by atoms with Gasteiger partial charge in [-0.25, -0.2) is 19.9 Å². The molecule has 0 atom stereocenters. The number of benzene rings is 3. The number of hydrogen-bond donors (Lipinski definition) is 2. The highest BCUT2D eigenvalue weighted by Gasteiger charge is 2.37. The molecule has 3 N–H and O–H groups in total. The summed E-state index contributed by atoms with van der Waals surface area (Å²) in [7, 11) is 0. The van der Waals surface area contributed by atoms with Crippen LogP contribution < -0.4 is 11.3 Å². The maximum Gasteiger partial charge on any atom is 0.330 e. The lowest BCUT2D eigenvalue weighted by Gasteiger charge is -2.16. The molecule has 0 bridgehead atoms. The molecule has 0 saturated carbocycles. The fourth-order valence-corrected chi connectivity index (χ4v) is 5.76. The van der Waals surface area contributed by atoms with Gasteiger partial charge in [0.05, 0.1) is 11.6 Å². The second-order valence-corrected chi connectivity index (χ2v) is 12.4. The van der Waals surface area contributed by atoms with Gasteiger partial charge in [0.1, 0.15) is 22.8 Å². The molecular formula is C36H24Cl6N9O2+. The number of halogens is 6. The second-order valence-electron chi connectivity index (χ2n) is 10.3. The number of aldehydes is 1. The lowest BCUT2D eigenvalue weighted by molar-refractivity contribution is -0.105. The van der Waals surface area contributed by atoms with Crippen LogP contribution >= 0.6 is 69.6 Å². The van der Waals surface area contributed by atoms with Crippen molar-refractivity contribution >= 4 is 104 Å². The number of hydrogen-bond acceptors (Lipinski definition) is 9. The number of nitrogens with one attached hydrogen (secondary N) is 1. The normalized spacial score (nSPS) is 12.5. The number of nitrogens with two attached hydrogens (primary N) is 1. The average Bonchev–Trinajstić information content (AvgIpc) is 3.90. The molecule has 53 heavy (non-hydrogen) atoms. The van der Waals surface area contributed by atoms with Crippen LogP contribution in [0.25, 0.3) is 33.9 Å². The van der Waals surface area contributed by atoms with Crippen molar-refractivity contribution < 1.29 is 4.79 Å². The first-order valence-electron chi connectivity index (χ1n) is 15.1. The molecule has 0 radical (unpaired) electrons. The Morgan fingerprint density at radius 1 is 0.811 bits per heavy atom. The van der Waals surface area contributed by atoms with Gasteiger partial charge in [-0.05, 0) is 11.6 Å². The highest BCUT2D eigenvalue weighted by Crippen LogP contribution is 2.32. The van der Waals surface area contributed by atoms with Crippen LogP contribution in [0.2, 0.25) is 15.5 Å². The van der Waals surface area contributed by atoms with Crippen molar-refractivity contribution in [3.63, 3.8) is 0 Å². The van der Waals surface area contributed by atoms with E-state index in [-0.39, 0.29) is 27.6 Å². The summed E-state index contributed by atoms with van der Waals surface area (Å²) in [4.78, 5) is 45.4. The zero-order valence-electron chi connectivity index (χ0n) is 27.0. The second kappa shape index (κ2) is 18.6. The number of rotatable bonds is 4. The number of carbonyl (C=O) groups is 1. The summed E-state index contributed by atoms with van der Waals surface area (Å²) in [6, 6.07) is 28.5. The molecule has 3 aromatic heterocycles. The number of H-pyrrole nitrogens is 1. The maximum atomic E-state index is 11.8. The summed E-state index contributed by atoms with van der Waals surface area (Å²) in [5.74, 6) is 0.762. The van der Waals surface area contributed by atoms with E-state index >= 15 is 0 Å². The van der Waals surface area contributed by atoms with E-state index in [0.29, 0.717) is 50.3 Å². The maximum absolute atomic E-state index is 11.8. The van der Waals surface area contributed by atoms with Gasteiger partial charge in [0.25, 0.3) is 10.7 Å². The molecule has 0 saturated heterocycles. The fourth-order valence-electron chi connectivity index (χ4n) is 4.60. The molecule has 6 aromatic rings. The van der Waals surface area contributed by atoms with E-state index in [1.54, 1.807) is 27.9 Å². The summed E-state index contributed by atoms with van der Waals surface area (Å²) in [6.45, 7) is 0. The number of nitrogens with zero attached hydrogens (tertiary/aromatic N) is 7. The van der Waals surface area contributed by atoms with Crippen LogP contribution in [0, 0.1) is 6.20 Å². The molecule has 17 heteroatoms. The summed E-state index contributed by atoms with van der Waals surface area (Å²) < 4.78 is 1.57. The standard InChI is InChI=1S/C12H6Cl2N3.C12H8ClN3O.C10H7Cl2N3.C2H3ClO/c13-10-12-15-6-7-17(12)11(14)9(16-10)8-4-2-1-3-5-8;13-10-9(8-4-2-1-3-5-8)15-12(17)11-14-6-7-16(10)11;11-8-7(6-4-2-1-3-5-6)14-9(12)10(13)15-8;3-1-2-4/h1-5,7H;1-7H,(H,15,17);1-5H,(H2,13,15);2H,1H2/q+1;;;. The van der Waals surface area contributed by atoms with Crippen LogP contribution in [0.5, 0.6) is 0 Å². The number of aromatic nitrogens is 5. The van der Waals surface area contributed by atoms with Crippen molar-refractivity contribution in [3.8, 4) is 22.5 Å². The van der Waals surface area contributed by atoms with Gasteiger partial charge in [0.15, 0.2) is 21.3 Å². The van der Waals surface area contributed by atoms with Crippen molar-refractivity contribution in [2.45, 2.75) is 0 Å². The Labute approximate surface area is 332 Å². The largest absolute Gasteiger partial charge is 0.381 e. The molecule has 0 fully saturated rings. The summed E-state index contributed by atoms with van der Waals surface area (Å²) in [6.07, 6.45) is 8.19. The van der Waals surface area contributed by atoms with Gasteiger partial charge >= 0.3 is 5.84 Å². The fraction of sp³-hybridized carbons (Fsp3) is 0.0278. The van der Waals surface area contributed by atoms with Crippen molar-refractivity contribution in [2.24, 2.45) is 9.98 Å². The number of aliphatic imine (C=N–C) groups is 2. The third-order valence-electron chi connectivity index (χ3n) is 6.94. The topological polar surface area (TPSA) is 147 Å². The Kier molecular flexibility index (Phi) is 13.7. The van der Waals surface area contributed by atoms with E-state index in [1.807, 2.05) is 91.0 Å². The average molecular weight is 827 g/mol. The number of imidazole rings is 1. The lowest BCUT2D eigenvalue weighted by atomic mass is 10.1. The van der Waals surface area contributed by atoms with Crippen LogP contribution in [-0.4, -0.2) is 52.4 Å². The lowest BCUT2D eigenvalue weighted by Crippen LogP contribution is -2.29. The molecule has 0 amide bonds. The Hall–Kier alpha value is -5.10. The monoisotopic (exact) mass is 824 g/mol. The van der Waals surface area contributed by atoms with Gasteiger partial charge in [0, 0.05) is 34.1 Å². The quantitative estimate of drug-likeness (QED) is 0.0781. The first kappa shape index (κ1) is 39.1. The predicted octanol–water partition coefficient (Wildman–Crippen LogP) is 8.99. The molecule has 0 spiro atoms. The predicted molar refractivity (Wildman–Crippen MR) is 215 cm³/mol. The molecule has 8 rings (SSSR count). The summed E-state index contributed by atoms with van der Waals surface area (Å²) >= 11 is 35.1. The molecule has 11 nitrogen and oxygen atoms in total. The molecule has 2 aliphatic heterocycles. The van der Waals surface area contributed by atoms with Crippen molar-refractivity contribution in [2.75, 3.05) is 11.6 Å². The smallest absolute Gasteiger partial charge is 0.330 e. The highest BCUT2D eigenvalue weighted by atomic mass is 35.5. The van der Waals surface area contributed by atoms with Crippen molar-refractivity contribution in [1.29, 1.82) is 0 Å². The number of amidine groups is 1. The number of fused-ring (bicyclic) bond motifs is 2. The van der Waals surface area contributed by atoms with E-state index in [2.05, 4.69) is 36.1 Å². The van der Waals surface area contributed by atoms with Crippen LogP contribution in [0.4, 0.5) is 5.82 Å². The van der Waals surface area contributed by atoms with Crippen molar-refractivity contribution in [3.05, 3.63) is 152 Å². The van der Waals surface area contributed by atoms with Crippen LogP contribution in [-0.2, 0) is 4.79 Å². The van der Waals surface area contributed by atoms with Gasteiger partial charge in [0.2, 0.25) is 18.0 Å². The Morgan fingerprint density at radius 3 is 2.00 bits per heavy atom. The SMILES string of the molecule is ClC1=NC(c2ccccc2)=C(Cl)N2C=[C+]N=C12.Nc1nc(Cl)c(-c2ccccc2)nc1Cl.O=CCCl.O=c1[nH]c(-c2ccccc2)c(Cl)n2ccnc12. The number of anilines is 1. The van der Waals surface area contributed by atoms with Gasteiger partial charge in [-0.2, -0.15) is 4.90 Å². The first-order valence-corrected chi connectivity index (χ1v) is 17.6. The summed E-state index contributed by atoms with van der Waals surface area (Å²) in [5.41, 5.74) is 9.94. The molecule has 0 aliphatic carbocycles. The highest BCUT2D eigenvalue weighted by molar-refractivity contribution is 6.84. The molecule has 3 aromatic carbocycles. The molecule has 5 heterocycles. The molecule has 0 unspecified atom stereocenters. The van der Waals surface area contributed by atoms with Gasteiger partial charge in [-0.15, -0.1) is 11.6 Å². The Morgan fingerprint density at radius 2 is 1.40 bits per heavy atom. The zero-order valence-corrected chi connectivity index (χ0v) is 31.5. The van der Waals surface area contributed by atoms with Gasteiger partial charge < -0.3 is 15.5 Å². The Balaban J connectivity index is 0.000000146. The van der Waals surface area contributed by atoms with Crippen LogP contribution in [0.1, 0.15) is 5.56 Å². The first-order chi connectivity index (χ1) is 25.6. The number of aromatic amines is 1. The summed E-state index contributed by atoms with van der Waals surface area (Å²) in [5, 5.41) is 1.66. The van der Waals surface area contributed by atoms with E-state index < -0.39 is 0 Å². The minimum atomic E-state index is -0.252. The molecular weight excluding hydrogens is 803 g/mol. The Bertz CT molecular complexity index is 2400. The number of nitrogen functional groups attached to an aromatic ring is 1. The van der Waals surface area contributed by atoms with E-state index in [1.165, 1.54) is 0 Å². The van der Waals surface area contributed by atoms with E-state index in [4.69, 9.17) is 80.1 Å².